The van der Waals surface area contributed by atoms with E-state index in [9.17, 15) is 13.2 Å². The Balaban J connectivity index is 1.88. The fourth-order valence-electron chi connectivity index (χ4n) is 2.36. The van der Waals surface area contributed by atoms with Crippen molar-refractivity contribution in [1.29, 1.82) is 0 Å². The second-order valence-electron chi connectivity index (χ2n) is 6.19. The number of sulfonamides is 1. The summed E-state index contributed by atoms with van der Waals surface area (Å²) >= 11 is 5.83. The molecule has 146 valence electrons. The molecule has 2 aromatic rings. The van der Waals surface area contributed by atoms with Crippen molar-refractivity contribution in [3.63, 3.8) is 0 Å². The van der Waals surface area contributed by atoms with Crippen LogP contribution >= 0.6 is 11.6 Å². The van der Waals surface area contributed by atoms with E-state index in [0.717, 1.165) is 21.9 Å². The number of halogens is 1. The molecule has 0 atom stereocenters. The van der Waals surface area contributed by atoms with Gasteiger partial charge in [0.2, 0.25) is 15.9 Å². The van der Waals surface area contributed by atoms with E-state index in [1.165, 1.54) is 5.56 Å². The summed E-state index contributed by atoms with van der Waals surface area (Å²) in [5, 5.41) is 3.15. The fraction of sp³-hybridized carbons (Fsp3) is 0.316. The molecule has 0 aliphatic heterocycles. The average molecular weight is 411 g/mol. The summed E-state index contributed by atoms with van der Waals surface area (Å²) in [5.41, 5.74) is 2.69. The molecular formula is C19H23ClN2O4S. The second kappa shape index (κ2) is 9.10. The number of amides is 1. The van der Waals surface area contributed by atoms with Gasteiger partial charge in [0.15, 0.2) is 0 Å². The highest BCUT2D eigenvalue weighted by Crippen LogP contribution is 2.20. The molecule has 2 rings (SSSR count). The van der Waals surface area contributed by atoms with E-state index in [0.29, 0.717) is 10.7 Å². The smallest absolute Gasteiger partial charge is 0.240 e. The monoisotopic (exact) mass is 410 g/mol. The summed E-state index contributed by atoms with van der Waals surface area (Å²) in [6.07, 6.45) is 1.05. The topological polar surface area (TPSA) is 75.7 Å². The van der Waals surface area contributed by atoms with Crippen molar-refractivity contribution in [2.24, 2.45) is 0 Å². The molecule has 27 heavy (non-hydrogen) atoms. The Morgan fingerprint density at radius 3 is 2.37 bits per heavy atom. The third kappa shape index (κ3) is 6.45. The molecule has 6 nitrogen and oxygen atoms in total. The summed E-state index contributed by atoms with van der Waals surface area (Å²) in [4.78, 5) is 12.2. The van der Waals surface area contributed by atoms with Gasteiger partial charge >= 0.3 is 0 Å². The van der Waals surface area contributed by atoms with Crippen LogP contribution in [0.15, 0.2) is 42.5 Å². The minimum atomic E-state index is -3.61. The number of ether oxygens (including phenoxy) is 1. The molecular weight excluding hydrogens is 388 g/mol. The number of benzene rings is 2. The lowest BCUT2D eigenvalue weighted by molar-refractivity contribution is -0.119. The molecule has 0 saturated carbocycles. The van der Waals surface area contributed by atoms with Crippen molar-refractivity contribution >= 4 is 33.2 Å². The van der Waals surface area contributed by atoms with Crippen LogP contribution in [0.1, 0.15) is 11.1 Å². The Hall–Kier alpha value is -2.25. The van der Waals surface area contributed by atoms with Crippen LogP contribution in [0.2, 0.25) is 5.02 Å². The van der Waals surface area contributed by atoms with Crippen LogP contribution in [0.4, 0.5) is 5.69 Å². The summed E-state index contributed by atoms with van der Waals surface area (Å²) in [6, 6.07) is 12.0. The Morgan fingerprint density at radius 1 is 1.11 bits per heavy atom. The Morgan fingerprint density at radius 2 is 1.78 bits per heavy atom. The van der Waals surface area contributed by atoms with Gasteiger partial charge in [-0.3, -0.25) is 9.10 Å². The third-order valence-electron chi connectivity index (χ3n) is 3.97. The molecule has 0 spiro atoms. The Labute approximate surface area is 165 Å². The average Bonchev–Trinajstić information content (AvgIpc) is 2.59. The number of nitrogens with one attached hydrogen (secondary N) is 1. The maximum Gasteiger partial charge on any atom is 0.240 e. The van der Waals surface area contributed by atoms with Gasteiger partial charge in [-0.2, -0.15) is 0 Å². The normalized spacial score (nSPS) is 11.1. The van der Waals surface area contributed by atoms with Crippen LogP contribution in [0.5, 0.6) is 5.75 Å². The van der Waals surface area contributed by atoms with Crippen molar-refractivity contribution in [3.05, 3.63) is 58.6 Å². The highest BCUT2D eigenvalue weighted by Gasteiger charge is 2.20. The maximum absolute atomic E-state index is 12.2. The Kier molecular flexibility index (Phi) is 7.10. The standard InChI is InChI=1S/C19H23ClN2O4S/c1-14-4-9-18(12-15(14)2)26-11-10-21-19(23)13-22(27(3,24)25)17-7-5-16(20)6-8-17/h4-9,12H,10-11,13H2,1-3H3,(H,21,23). The summed E-state index contributed by atoms with van der Waals surface area (Å²) < 4.78 is 30.7. The van der Waals surface area contributed by atoms with Crippen molar-refractivity contribution in [2.45, 2.75) is 13.8 Å². The first kappa shape index (κ1) is 21.1. The quantitative estimate of drug-likeness (QED) is 0.679. The van der Waals surface area contributed by atoms with Gasteiger partial charge in [0.25, 0.3) is 0 Å². The molecule has 0 unspecified atom stereocenters. The predicted octanol–water partition coefficient (Wildman–Crippen LogP) is 2.92. The molecule has 0 bridgehead atoms. The van der Waals surface area contributed by atoms with Crippen molar-refractivity contribution in [3.8, 4) is 5.75 Å². The third-order valence-corrected chi connectivity index (χ3v) is 5.37. The summed E-state index contributed by atoms with van der Waals surface area (Å²) in [7, 11) is -3.61. The van der Waals surface area contributed by atoms with Gasteiger partial charge in [0.1, 0.15) is 18.9 Å². The van der Waals surface area contributed by atoms with Gasteiger partial charge in [-0.1, -0.05) is 17.7 Å². The van der Waals surface area contributed by atoms with Gasteiger partial charge in [0.05, 0.1) is 18.5 Å². The van der Waals surface area contributed by atoms with Crippen LogP contribution < -0.4 is 14.4 Å². The van der Waals surface area contributed by atoms with Crippen LogP contribution in [-0.4, -0.2) is 40.3 Å². The maximum atomic E-state index is 12.2. The van der Waals surface area contributed by atoms with Gasteiger partial charge in [0, 0.05) is 5.02 Å². The fourth-order valence-corrected chi connectivity index (χ4v) is 3.34. The highest BCUT2D eigenvalue weighted by molar-refractivity contribution is 7.92. The van der Waals surface area contributed by atoms with Crippen molar-refractivity contribution in [2.75, 3.05) is 30.3 Å². The number of aryl methyl sites for hydroxylation is 2. The summed E-state index contributed by atoms with van der Waals surface area (Å²) in [6.45, 7) is 4.26. The van der Waals surface area contributed by atoms with Gasteiger partial charge in [-0.15, -0.1) is 0 Å². The molecule has 1 amide bonds. The van der Waals surface area contributed by atoms with E-state index >= 15 is 0 Å². The zero-order valence-corrected chi connectivity index (χ0v) is 17.1. The minimum absolute atomic E-state index is 0.268. The first-order valence-corrected chi connectivity index (χ1v) is 10.6. The zero-order valence-electron chi connectivity index (χ0n) is 15.5. The van der Waals surface area contributed by atoms with Crippen LogP contribution in [0.3, 0.4) is 0 Å². The molecule has 0 saturated heterocycles. The van der Waals surface area contributed by atoms with Crippen molar-refractivity contribution < 1.29 is 17.9 Å². The lowest BCUT2D eigenvalue weighted by Crippen LogP contribution is -2.41. The Bertz CT molecular complexity index is 898. The number of carbonyl (C=O) groups is 1. The molecule has 0 radical (unpaired) electrons. The number of hydrogen-bond acceptors (Lipinski definition) is 4. The number of carbonyl (C=O) groups excluding carboxylic acids is 1. The molecule has 0 aliphatic carbocycles. The zero-order chi connectivity index (χ0) is 20.0. The number of hydrogen-bond donors (Lipinski definition) is 1. The molecule has 0 heterocycles. The minimum Gasteiger partial charge on any atom is -0.492 e. The molecule has 0 aliphatic rings. The van der Waals surface area contributed by atoms with E-state index < -0.39 is 15.9 Å². The number of anilines is 1. The molecule has 1 N–H and O–H groups in total. The van der Waals surface area contributed by atoms with Gasteiger partial charge < -0.3 is 10.1 Å². The van der Waals surface area contributed by atoms with Crippen LogP contribution in [-0.2, 0) is 14.8 Å². The van der Waals surface area contributed by atoms with Crippen LogP contribution in [0, 0.1) is 13.8 Å². The molecule has 8 heteroatoms. The van der Waals surface area contributed by atoms with E-state index in [1.807, 2.05) is 32.0 Å². The first-order chi connectivity index (χ1) is 12.7. The van der Waals surface area contributed by atoms with E-state index in [-0.39, 0.29) is 19.7 Å². The SMILES string of the molecule is Cc1ccc(OCCNC(=O)CN(c2ccc(Cl)cc2)S(C)(=O)=O)cc1C. The highest BCUT2D eigenvalue weighted by atomic mass is 35.5. The first-order valence-electron chi connectivity index (χ1n) is 8.37. The van der Waals surface area contributed by atoms with Gasteiger partial charge in [-0.05, 0) is 61.4 Å². The van der Waals surface area contributed by atoms with Crippen molar-refractivity contribution in [1.82, 2.24) is 5.32 Å². The number of rotatable bonds is 8. The van der Waals surface area contributed by atoms with E-state index in [2.05, 4.69) is 5.32 Å². The van der Waals surface area contributed by atoms with Gasteiger partial charge in [-0.25, -0.2) is 8.42 Å². The van der Waals surface area contributed by atoms with Crippen LogP contribution in [0.25, 0.3) is 0 Å². The second-order valence-corrected chi connectivity index (χ2v) is 8.53. The lowest BCUT2D eigenvalue weighted by Gasteiger charge is -2.22. The molecule has 2 aromatic carbocycles. The molecule has 0 aromatic heterocycles. The summed E-state index contributed by atoms with van der Waals surface area (Å²) in [5.74, 6) is 0.310. The van der Waals surface area contributed by atoms with E-state index in [4.69, 9.17) is 16.3 Å². The molecule has 0 fully saturated rings. The lowest BCUT2D eigenvalue weighted by atomic mass is 10.1. The van der Waals surface area contributed by atoms with E-state index in [1.54, 1.807) is 24.3 Å². The predicted molar refractivity (Wildman–Crippen MR) is 108 cm³/mol. The number of nitrogens with zero attached hydrogens (tertiary/aromatic N) is 1. The largest absolute Gasteiger partial charge is 0.492 e.